The van der Waals surface area contributed by atoms with Gasteiger partial charge in [-0.3, -0.25) is 0 Å². The van der Waals surface area contributed by atoms with E-state index in [1.54, 1.807) is 6.08 Å². The van der Waals surface area contributed by atoms with E-state index >= 15 is 0 Å². The number of aliphatic hydroxyl groups excluding tert-OH is 4. The lowest BCUT2D eigenvalue weighted by molar-refractivity contribution is 0.120. The molecule has 0 spiro atoms. The van der Waals surface area contributed by atoms with Crippen molar-refractivity contribution in [3.63, 3.8) is 0 Å². The summed E-state index contributed by atoms with van der Waals surface area (Å²) in [7, 11) is 0. The minimum atomic E-state index is -0.564. The fourth-order valence-corrected chi connectivity index (χ4v) is 3.76. The highest BCUT2D eigenvalue weighted by molar-refractivity contribution is 5.15. The number of benzene rings is 1. The van der Waals surface area contributed by atoms with Crippen molar-refractivity contribution < 1.29 is 20.4 Å². The topological polar surface area (TPSA) is 80.9 Å². The van der Waals surface area contributed by atoms with Crippen molar-refractivity contribution in [1.82, 2.24) is 0 Å². The summed E-state index contributed by atoms with van der Waals surface area (Å²) in [4.78, 5) is 0. The first kappa shape index (κ1) is 21.8. The van der Waals surface area contributed by atoms with Crippen molar-refractivity contribution >= 4 is 0 Å². The summed E-state index contributed by atoms with van der Waals surface area (Å²) in [6, 6.07) is 10.1. The van der Waals surface area contributed by atoms with Gasteiger partial charge in [-0.05, 0) is 50.0 Å². The smallest absolute Gasteiger partial charge is 0.0724 e. The monoisotopic (exact) mass is 374 g/mol. The van der Waals surface area contributed by atoms with E-state index in [0.717, 1.165) is 25.7 Å². The van der Waals surface area contributed by atoms with Crippen LogP contribution in [0.3, 0.4) is 0 Å². The summed E-state index contributed by atoms with van der Waals surface area (Å²) in [5, 5.41) is 39.6. The van der Waals surface area contributed by atoms with Crippen LogP contribution in [0.25, 0.3) is 0 Å². The van der Waals surface area contributed by atoms with E-state index in [1.165, 1.54) is 5.56 Å². The quantitative estimate of drug-likeness (QED) is 0.355. The lowest BCUT2D eigenvalue weighted by Crippen LogP contribution is -2.20. The lowest BCUT2D eigenvalue weighted by Gasteiger charge is -2.19. The third-order valence-electron chi connectivity index (χ3n) is 5.40. The maximum atomic E-state index is 10.3. The Kier molecular flexibility index (Phi) is 9.78. The van der Waals surface area contributed by atoms with E-state index in [-0.39, 0.29) is 18.4 Å². The molecule has 150 valence electrons. The largest absolute Gasteiger partial charge is 0.396 e. The number of aliphatic hydroxyl groups is 4. The molecule has 0 heterocycles. The summed E-state index contributed by atoms with van der Waals surface area (Å²) in [5.74, 6) is -0.153. The van der Waals surface area contributed by atoms with Gasteiger partial charge in [0.25, 0.3) is 0 Å². The maximum Gasteiger partial charge on any atom is 0.0724 e. The lowest BCUT2D eigenvalue weighted by atomic mass is 9.89. The molecule has 1 saturated carbocycles. The second kappa shape index (κ2) is 12.1. The molecule has 0 aliphatic heterocycles. The molecule has 1 aliphatic rings. The van der Waals surface area contributed by atoms with Crippen LogP contribution in [0.15, 0.2) is 54.6 Å². The van der Waals surface area contributed by atoms with Gasteiger partial charge in [0.2, 0.25) is 0 Å². The van der Waals surface area contributed by atoms with Gasteiger partial charge in [-0.15, -0.1) is 0 Å². The van der Waals surface area contributed by atoms with Crippen LogP contribution in [0.2, 0.25) is 0 Å². The number of hydrogen-bond acceptors (Lipinski definition) is 4. The molecule has 0 unspecified atom stereocenters. The highest BCUT2D eigenvalue weighted by Gasteiger charge is 2.39. The average Bonchev–Trinajstić information content (AvgIpc) is 2.94. The van der Waals surface area contributed by atoms with E-state index < -0.39 is 18.3 Å². The molecule has 27 heavy (non-hydrogen) atoms. The first-order valence-corrected chi connectivity index (χ1v) is 10.1. The zero-order chi connectivity index (χ0) is 19.5. The van der Waals surface area contributed by atoms with Gasteiger partial charge in [0.15, 0.2) is 0 Å². The Balaban J connectivity index is 1.82. The maximum absolute atomic E-state index is 10.3. The molecule has 5 atom stereocenters. The summed E-state index contributed by atoms with van der Waals surface area (Å²) in [6.07, 6.45) is 11.4. The standard InChI is InChI=1S/C23H34O4/c24-16-8-3-1-2-7-11-20-21(23(27)17-22(20)26)15-14-19(25)13-12-18-9-5-4-6-10-18/h2,4-7,9-10,14-15,19-27H,1,3,8,11-13,16-17H2/b7-2-,15-14+/t19-,20+,21+,22-,23+/m0/s1. The molecule has 1 fully saturated rings. The second-order valence-corrected chi connectivity index (χ2v) is 7.51. The fourth-order valence-electron chi connectivity index (χ4n) is 3.76. The summed E-state index contributed by atoms with van der Waals surface area (Å²) < 4.78 is 0. The van der Waals surface area contributed by atoms with Crippen LogP contribution < -0.4 is 0 Å². The van der Waals surface area contributed by atoms with Crippen LogP contribution in [0.1, 0.15) is 44.1 Å². The molecule has 1 aliphatic carbocycles. The number of rotatable bonds is 11. The minimum absolute atomic E-state index is 0.0216. The molecule has 4 N–H and O–H groups in total. The second-order valence-electron chi connectivity index (χ2n) is 7.51. The van der Waals surface area contributed by atoms with Crippen LogP contribution >= 0.6 is 0 Å². The Morgan fingerprint density at radius 1 is 1.04 bits per heavy atom. The summed E-state index contributed by atoms with van der Waals surface area (Å²) >= 11 is 0. The van der Waals surface area contributed by atoms with Crippen LogP contribution in [0, 0.1) is 11.8 Å². The Hall–Kier alpha value is -1.46. The first-order valence-electron chi connectivity index (χ1n) is 10.1. The number of hydrogen-bond donors (Lipinski definition) is 4. The van der Waals surface area contributed by atoms with Gasteiger partial charge >= 0.3 is 0 Å². The third kappa shape index (κ3) is 7.59. The van der Waals surface area contributed by atoms with Crippen molar-refractivity contribution in [1.29, 1.82) is 0 Å². The molecule has 4 nitrogen and oxygen atoms in total. The highest BCUT2D eigenvalue weighted by Crippen LogP contribution is 2.36. The van der Waals surface area contributed by atoms with Crippen LogP contribution in [0.5, 0.6) is 0 Å². The Bertz CT molecular complexity index is 569. The van der Waals surface area contributed by atoms with E-state index in [4.69, 9.17) is 5.11 Å². The molecule has 0 amide bonds. The van der Waals surface area contributed by atoms with Gasteiger partial charge in [-0.2, -0.15) is 0 Å². The highest BCUT2D eigenvalue weighted by atomic mass is 16.3. The van der Waals surface area contributed by atoms with Gasteiger partial charge in [-0.25, -0.2) is 0 Å². The summed E-state index contributed by atoms with van der Waals surface area (Å²) in [6.45, 7) is 0.223. The SMILES string of the molecule is OCCCC/C=C\C[C@@H]1[C@@H](/C=C/[C@@H](O)CCc2ccccc2)[C@H](O)C[C@@H]1O. The van der Waals surface area contributed by atoms with E-state index in [0.29, 0.717) is 19.3 Å². The van der Waals surface area contributed by atoms with Crippen LogP contribution in [-0.4, -0.2) is 45.3 Å². The minimum Gasteiger partial charge on any atom is -0.396 e. The molecular formula is C23H34O4. The molecule has 0 radical (unpaired) electrons. The molecular weight excluding hydrogens is 340 g/mol. The Morgan fingerprint density at radius 2 is 1.81 bits per heavy atom. The Morgan fingerprint density at radius 3 is 2.56 bits per heavy atom. The normalized spacial score (nSPS) is 27.0. The average molecular weight is 375 g/mol. The molecule has 1 aromatic carbocycles. The number of allylic oxidation sites excluding steroid dienone is 2. The van der Waals surface area contributed by atoms with Gasteiger partial charge in [0.1, 0.15) is 0 Å². The van der Waals surface area contributed by atoms with E-state index in [9.17, 15) is 15.3 Å². The molecule has 4 heteroatoms. The van der Waals surface area contributed by atoms with Gasteiger partial charge in [0, 0.05) is 18.9 Å². The van der Waals surface area contributed by atoms with Gasteiger partial charge in [0.05, 0.1) is 18.3 Å². The molecule has 0 saturated heterocycles. The van der Waals surface area contributed by atoms with Gasteiger partial charge < -0.3 is 20.4 Å². The zero-order valence-electron chi connectivity index (χ0n) is 16.0. The van der Waals surface area contributed by atoms with Crippen molar-refractivity contribution in [3.8, 4) is 0 Å². The molecule has 2 rings (SSSR count). The van der Waals surface area contributed by atoms with Gasteiger partial charge in [-0.1, -0.05) is 54.6 Å². The van der Waals surface area contributed by atoms with E-state index in [1.807, 2.05) is 24.3 Å². The first-order chi connectivity index (χ1) is 13.1. The van der Waals surface area contributed by atoms with E-state index in [2.05, 4.69) is 24.3 Å². The fraction of sp³-hybridized carbons (Fsp3) is 0.565. The van der Waals surface area contributed by atoms with Crippen molar-refractivity contribution in [3.05, 3.63) is 60.2 Å². The van der Waals surface area contributed by atoms with Crippen molar-refractivity contribution in [2.45, 2.75) is 63.3 Å². The van der Waals surface area contributed by atoms with Crippen molar-refractivity contribution in [2.75, 3.05) is 6.61 Å². The van der Waals surface area contributed by atoms with Crippen LogP contribution in [-0.2, 0) is 6.42 Å². The Labute approximate surface area is 162 Å². The predicted molar refractivity (Wildman–Crippen MR) is 108 cm³/mol. The summed E-state index contributed by atoms with van der Waals surface area (Å²) in [5.41, 5.74) is 1.20. The third-order valence-corrected chi connectivity index (χ3v) is 5.40. The van der Waals surface area contributed by atoms with Crippen molar-refractivity contribution in [2.24, 2.45) is 11.8 Å². The number of aryl methyl sites for hydroxylation is 1. The number of unbranched alkanes of at least 4 members (excludes halogenated alkanes) is 2. The zero-order valence-corrected chi connectivity index (χ0v) is 16.0. The molecule has 0 aromatic heterocycles. The van der Waals surface area contributed by atoms with Crippen LogP contribution in [0.4, 0.5) is 0 Å². The molecule has 1 aromatic rings. The predicted octanol–water partition coefficient (Wildman–Crippen LogP) is 3.00. The molecule has 0 bridgehead atoms.